The van der Waals surface area contributed by atoms with E-state index in [4.69, 9.17) is 0 Å². The highest BCUT2D eigenvalue weighted by molar-refractivity contribution is 6.03. The normalized spacial score (nSPS) is 17.7. The molecule has 1 aromatic carbocycles. The maximum Gasteiger partial charge on any atom is 0.319 e. The molecule has 1 unspecified atom stereocenters. The number of nitrogens with zero attached hydrogens (tertiary/aromatic N) is 1. The lowest BCUT2D eigenvalue weighted by Gasteiger charge is -2.33. The average molecular weight is 332 g/mol. The van der Waals surface area contributed by atoms with E-state index < -0.39 is 0 Å². The van der Waals surface area contributed by atoms with Gasteiger partial charge >= 0.3 is 6.03 Å². The molecule has 1 heterocycles. The van der Waals surface area contributed by atoms with Gasteiger partial charge in [0.1, 0.15) is 0 Å². The Morgan fingerprint density at radius 1 is 1.29 bits per heavy atom. The number of benzene rings is 1. The molecule has 1 aliphatic heterocycles. The fourth-order valence-corrected chi connectivity index (χ4v) is 3.07. The first-order valence-corrected chi connectivity index (χ1v) is 8.61. The number of carbonyl (C=O) groups is 2. The van der Waals surface area contributed by atoms with E-state index in [-0.39, 0.29) is 18.0 Å². The maximum absolute atomic E-state index is 12.9. The van der Waals surface area contributed by atoms with Gasteiger partial charge in [0.15, 0.2) is 0 Å². The second-order valence-corrected chi connectivity index (χ2v) is 6.62. The van der Waals surface area contributed by atoms with Gasteiger partial charge in [0.05, 0.1) is 11.3 Å². The number of likely N-dealkylation sites (tertiary alicyclic amines) is 1. The van der Waals surface area contributed by atoms with Gasteiger partial charge in [-0.2, -0.15) is 0 Å². The zero-order valence-electron chi connectivity index (χ0n) is 14.8. The molecule has 0 bridgehead atoms. The van der Waals surface area contributed by atoms with Crippen LogP contribution in [0.3, 0.4) is 0 Å². The van der Waals surface area contributed by atoms with Gasteiger partial charge in [-0.15, -0.1) is 0 Å². The summed E-state index contributed by atoms with van der Waals surface area (Å²) in [6.07, 6.45) is 2.16. The number of nitrogens with one attached hydrogen (secondary N) is 3. The van der Waals surface area contributed by atoms with Gasteiger partial charge in [-0.25, -0.2) is 4.79 Å². The molecule has 0 aromatic heterocycles. The number of hydrogen-bond donors (Lipinski definition) is 3. The minimum atomic E-state index is -0.294. The molecule has 1 aromatic rings. The smallest absolute Gasteiger partial charge is 0.319 e. The third-order valence-electron chi connectivity index (χ3n) is 4.12. The summed E-state index contributed by atoms with van der Waals surface area (Å²) >= 11 is 0. The van der Waals surface area contributed by atoms with Crippen molar-refractivity contribution < 1.29 is 9.59 Å². The number of amides is 3. The van der Waals surface area contributed by atoms with E-state index in [1.54, 1.807) is 12.1 Å². The molecule has 0 radical (unpaired) electrons. The number of urea groups is 1. The Balaban J connectivity index is 2.10. The molecule has 1 atom stereocenters. The summed E-state index contributed by atoms with van der Waals surface area (Å²) in [6.45, 7) is 6.23. The number of anilines is 1. The minimum Gasteiger partial charge on any atom is -0.338 e. The van der Waals surface area contributed by atoms with Crippen LogP contribution in [0, 0.1) is 5.92 Å². The minimum absolute atomic E-state index is 0.0174. The third-order valence-corrected chi connectivity index (χ3v) is 4.12. The van der Waals surface area contributed by atoms with Gasteiger partial charge in [0, 0.05) is 19.1 Å². The van der Waals surface area contributed by atoms with Crippen LogP contribution >= 0.6 is 0 Å². The molecule has 2 rings (SSSR count). The maximum atomic E-state index is 12.9. The Hall–Kier alpha value is -2.08. The molecular weight excluding hydrogens is 304 g/mol. The molecule has 6 heteroatoms. The first kappa shape index (κ1) is 18.3. The van der Waals surface area contributed by atoms with Crippen LogP contribution in [0.4, 0.5) is 10.5 Å². The highest BCUT2D eigenvalue weighted by Gasteiger charge is 2.25. The predicted molar refractivity (Wildman–Crippen MR) is 96.3 cm³/mol. The van der Waals surface area contributed by atoms with Crippen molar-refractivity contribution in [1.82, 2.24) is 15.5 Å². The second-order valence-electron chi connectivity index (χ2n) is 6.62. The quantitative estimate of drug-likeness (QED) is 0.774. The van der Waals surface area contributed by atoms with Gasteiger partial charge in [0.25, 0.3) is 5.91 Å². The predicted octanol–water partition coefficient (Wildman–Crippen LogP) is 2.29. The van der Waals surface area contributed by atoms with Gasteiger partial charge < -0.3 is 20.9 Å². The summed E-state index contributed by atoms with van der Waals surface area (Å²) in [5, 5.41) is 8.75. The Morgan fingerprint density at radius 3 is 2.75 bits per heavy atom. The summed E-state index contributed by atoms with van der Waals surface area (Å²) < 4.78 is 0. The van der Waals surface area contributed by atoms with Crippen molar-refractivity contribution >= 4 is 17.6 Å². The third kappa shape index (κ3) is 4.96. The number of carbonyl (C=O) groups excluding carboxylic acids is 2. The number of para-hydroxylation sites is 1. The van der Waals surface area contributed by atoms with Crippen LogP contribution in [0.15, 0.2) is 24.3 Å². The van der Waals surface area contributed by atoms with Crippen molar-refractivity contribution in [3.8, 4) is 0 Å². The van der Waals surface area contributed by atoms with Crippen LogP contribution < -0.4 is 16.0 Å². The molecule has 6 nitrogen and oxygen atoms in total. The Morgan fingerprint density at radius 2 is 2.04 bits per heavy atom. The first-order chi connectivity index (χ1) is 11.5. The van der Waals surface area contributed by atoms with Gasteiger partial charge in [-0.3, -0.25) is 4.79 Å². The molecule has 3 N–H and O–H groups in total. The lowest BCUT2D eigenvalue weighted by Crippen LogP contribution is -2.43. The van der Waals surface area contributed by atoms with Crippen molar-refractivity contribution in [2.45, 2.75) is 32.7 Å². The van der Waals surface area contributed by atoms with Gasteiger partial charge in [0.2, 0.25) is 0 Å². The van der Waals surface area contributed by atoms with E-state index in [2.05, 4.69) is 16.0 Å². The van der Waals surface area contributed by atoms with Crippen LogP contribution in [0.1, 0.15) is 37.0 Å². The molecule has 1 aliphatic rings. The molecule has 24 heavy (non-hydrogen) atoms. The Bertz CT molecular complexity index is 572. The Kier molecular flexibility index (Phi) is 6.61. The summed E-state index contributed by atoms with van der Waals surface area (Å²) in [5.74, 6) is 0.466. The Labute approximate surface area is 144 Å². The van der Waals surface area contributed by atoms with E-state index >= 15 is 0 Å². The second kappa shape index (κ2) is 8.68. The van der Waals surface area contributed by atoms with Crippen molar-refractivity contribution in [3.63, 3.8) is 0 Å². The van der Waals surface area contributed by atoms with Crippen LogP contribution in [-0.2, 0) is 0 Å². The molecule has 0 saturated carbocycles. The molecule has 132 valence electrons. The van der Waals surface area contributed by atoms with E-state index in [1.165, 1.54) is 0 Å². The number of hydrogen-bond acceptors (Lipinski definition) is 3. The summed E-state index contributed by atoms with van der Waals surface area (Å²) in [5.41, 5.74) is 1.10. The zero-order valence-corrected chi connectivity index (χ0v) is 14.8. The largest absolute Gasteiger partial charge is 0.338 e. The monoisotopic (exact) mass is 332 g/mol. The summed E-state index contributed by atoms with van der Waals surface area (Å²) in [7, 11) is 1.94. The van der Waals surface area contributed by atoms with Crippen LogP contribution in [0.25, 0.3) is 0 Å². The zero-order chi connectivity index (χ0) is 17.5. The molecule has 1 saturated heterocycles. The molecule has 3 amide bonds. The molecule has 1 fully saturated rings. The lowest BCUT2D eigenvalue weighted by molar-refractivity contribution is 0.0675. The molecular formula is C18H28N4O2. The topological polar surface area (TPSA) is 73.5 Å². The van der Waals surface area contributed by atoms with E-state index in [0.717, 1.165) is 32.5 Å². The number of rotatable bonds is 5. The first-order valence-electron chi connectivity index (χ1n) is 8.61. The fraction of sp³-hybridized carbons (Fsp3) is 0.556. The van der Waals surface area contributed by atoms with E-state index in [0.29, 0.717) is 17.2 Å². The highest BCUT2D eigenvalue weighted by Crippen LogP contribution is 2.22. The van der Waals surface area contributed by atoms with Crippen LogP contribution in [-0.4, -0.2) is 49.6 Å². The van der Waals surface area contributed by atoms with Crippen molar-refractivity contribution in [2.24, 2.45) is 5.92 Å². The van der Waals surface area contributed by atoms with Crippen LogP contribution in [0.5, 0.6) is 0 Å². The van der Waals surface area contributed by atoms with Gasteiger partial charge in [-0.05, 0) is 58.3 Å². The van der Waals surface area contributed by atoms with Crippen molar-refractivity contribution in [2.75, 3.05) is 32.0 Å². The van der Waals surface area contributed by atoms with E-state index in [1.807, 2.05) is 37.9 Å². The fourth-order valence-electron chi connectivity index (χ4n) is 3.07. The summed E-state index contributed by atoms with van der Waals surface area (Å²) in [6, 6.07) is 6.93. The average Bonchev–Trinajstić information content (AvgIpc) is 2.54. The van der Waals surface area contributed by atoms with Crippen molar-refractivity contribution in [3.05, 3.63) is 29.8 Å². The molecule has 0 spiro atoms. The SMILES string of the molecule is CNCC1CCCN(C(=O)c2ccccc2NC(=O)NC(C)C)C1. The van der Waals surface area contributed by atoms with E-state index in [9.17, 15) is 9.59 Å². The standard InChI is InChI=1S/C18H28N4O2/c1-13(2)20-18(24)21-16-9-5-4-8-15(16)17(23)22-10-6-7-14(12-22)11-19-3/h4-5,8-9,13-14,19H,6-7,10-12H2,1-3H3,(H2,20,21,24). The highest BCUT2D eigenvalue weighted by atomic mass is 16.2. The molecule has 0 aliphatic carbocycles. The lowest BCUT2D eigenvalue weighted by atomic mass is 9.97. The van der Waals surface area contributed by atoms with Crippen molar-refractivity contribution in [1.29, 1.82) is 0 Å². The number of piperidine rings is 1. The van der Waals surface area contributed by atoms with Gasteiger partial charge in [-0.1, -0.05) is 12.1 Å². The summed E-state index contributed by atoms with van der Waals surface area (Å²) in [4.78, 5) is 26.8. The van der Waals surface area contributed by atoms with Crippen LogP contribution in [0.2, 0.25) is 0 Å².